The van der Waals surface area contributed by atoms with Gasteiger partial charge in [0.1, 0.15) is 4.99 Å². The first-order valence-corrected chi connectivity index (χ1v) is 7.64. The molecule has 0 bridgehead atoms. The Balaban J connectivity index is 2.77. The standard InChI is InChI=1S/C15H26N4S/c1-9(2)7-6-8-10(3)17-15-13(14(16)20)11(4)12(5)18-19-15/h9-10H,6-8H2,1-5H3,(H2,16,20)(H,17,19). The summed E-state index contributed by atoms with van der Waals surface area (Å²) in [5.41, 5.74) is 8.52. The Kier molecular flexibility index (Phi) is 6.33. The van der Waals surface area contributed by atoms with Crippen LogP contribution in [-0.4, -0.2) is 21.2 Å². The van der Waals surface area contributed by atoms with Crippen LogP contribution in [0.15, 0.2) is 0 Å². The van der Waals surface area contributed by atoms with E-state index in [0.29, 0.717) is 16.8 Å². The Bertz CT molecular complexity index is 471. The fraction of sp³-hybridized carbons (Fsp3) is 0.667. The molecular formula is C15H26N4S. The molecule has 112 valence electrons. The maximum Gasteiger partial charge on any atom is 0.159 e. The molecule has 0 aliphatic heterocycles. The van der Waals surface area contributed by atoms with Gasteiger partial charge in [0.05, 0.1) is 11.3 Å². The van der Waals surface area contributed by atoms with Crippen molar-refractivity contribution in [1.29, 1.82) is 0 Å². The van der Waals surface area contributed by atoms with E-state index in [1.54, 1.807) is 0 Å². The second-order valence-electron chi connectivity index (χ2n) is 5.87. The van der Waals surface area contributed by atoms with E-state index in [1.165, 1.54) is 12.8 Å². The maximum atomic E-state index is 5.82. The molecule has 0 aliphatic carbocycles. The quantitative estimate of drug-likeness (QED) is 0.755. The van der Waals surface area contributed by atoms with Crippen LogP contribution in [-0.2, 0) is 0 Å². The maximum absolute atomic E-state index is 5.82. The molecular weight excluding hydrogens is 268 g/mol. The second-order valence-corrected chi connectivity index (χ2v) is 6.31. The van der Waals surface area contributed by atoms with Gasteiger partial charge >= 0.3 is 0 Å². The van der Waals surface area contributed by atoms with Gasteiger partial charge < -0.3 is 11.1 Å². The normalized spacial score (nSPS) is 12.5. The number of thiocarbonyl (C=S) groups is 1. The number of hydrogen-bond acceptors (Lipinski definition) is 4. The summed E-state index contributed by atoms with van der Waals surface area (Å²) in [4.78, 5) is 0.373. The van der Waals surface area contributed by atoms with E-state index in [1.807, 2.05) is 13.8 Å². The first-order valence-electron chi connectivity index (χ1n) is 7.23. The Morgan fingerprint density at radius 3 is 2.40 bits per heavy atom. The predicted molar refractivity (Wildman–Crippen MR) is 89.2 cm³/mol. The van der Waals surface area contributed by atoms with Crippen molar-refractivity contribution in [3.05, 3.63) is 16.8 Å². The SMILES string of the molecule is Cc1nnc(NC(C)CCCC(C)C)c(C(N)=S)c1C. The fourth-order valence-electron chi connectivity index (χ4n) is 2.15. The first kappa shape index (κ1) is 16.8. The highest BCUT2D eigenvalue weighted by atomic mass is 32.1. The van der Waals surface area contributed by atoms with Crippen LogP contribution in [0.2, 0.25) is 0 Å². The van der Waals surface area contributed by atoms with Crippen molar-refractivity contribution in [2.24, 2.45) is 11.7 Å². The van der Waals surface area contributed by atoms with Crippen LogP contribution in [0.1, 0.15) is 56.9 Å². The average molecular weight is 294 g/mol. The number of hydrogen-bond donors (Lipinski definition) is 2. The summed E-state index contributed by atoms with van der Waals surface area (Å²) in [5.74, 6) is 1.45. The Labute approximate surface area is 127 Å². The van der Waals surface area contributed by atoms with Gasteiger partial charge in [-0.3, -0.25) is 0 Å². The van der Waals surface area contributed by atoms with Crippen LogP contribution in [0.3, 0.4) is 0 Å². The molecule has 1 aromatic heterocycles. The lowest BCUT2D eigenvalue weighted by atomic mass is 10.0. The van der Waals surface area contributed by atoms with Crippen molar-refractivity contribution >= 4 is 23.0 Å². The summed E-state index contributed by atoms with van der Waals surface area (Å²) in [6.07, 6.45) is 3.54. The van der Waals surface area contributed by atoms with E-state index >= 15 is 0 Å². The molecule has 0 radical (unpaired) electrons. The van der Waals surface area contributed by atoms with Crippen LogP contribution < -0.4 is 11.1 Å². The van der Waals surface area contributed by atoms with Crippen LogP contribution in [0.4, 0.5) is 5.82 Å². The molecule has 0 fully saturated rings. The molecule has 1 aromatic rings. The van der Waals surface area contributed by atoms with E-state index in [9.17, 15) is 0 Å². The van der Waals surface area contributed by atoms with Gasteiger partial charge in [0.2, 0.25) is 0 Å². The zero-order valence-electron chi connectivity index (χ0n) is 13.2. The topological polar surface area (TPSA) is 63.8 Å². The van der Waals surface area contributed by atoms with Gasteiger partial charge in [-0.25, -0.2) is 0 Å². The monoisotopic (exact) mass is 294 g/mol. The molecule has 0 aromatic carbocycles. The van der Waals surface area contributed by atoms with Crippen molar-refractivity contribution < 1.29 is 0 Å². The zero-order valence-corrected chi connectivity index (χ0v) is 14.0. The third-order valence-electron chi connectivity index (χ3n) is 3.50. The summed E-state index contributed by atoms with van der Waals surface area (Å²) < 4.78 is 0. The third-order valence-corrected chi connectivity index (χ3v) is 3.71. The number of nitrogens with one attached hydrogen (secondary N) is 1. The average Bonchev–Trinajstić information content (AvgIpc) is 2.33. The smallest absolute Gasteiger partial charge is 0.159 e. The van der Waals surface area contributed by atoms with E-state index in [0.717, 1.165) is 29.2 Å². The van der Waals surface area contributed by atoms with Crippen molar-refractivity contribution in [3.8, 4) is 0 Å². The largest absolute Gasteiger partial charge is 0.389 e. The van der Waals surface area contributed by atoms with Crippen LogP contribution >= 0.6 is 12.2 Å². The lowest BCUT2D eigenvalue weighted by Crippen LogP contribution is -2.22. The van der Waals surface area contributed by atoms with Gasteiger partial charge in [-0.2, -0.15) is 5.10 Å². The summed E-state index contributed by atoms with van der Waals surface area (Å²) in [5, 5.41) is 11.8. The number of rotatable bonds is 7. The highest BCUT2D eigenvalue weighted by Gasteiger charge is 2.15. The van der Waals surface area contributed by atoms with E-state index < -0.39 is 0 Å². The molecule has 1 heterocycles. The van der Waals surface area contributed by atoms with E-state index in [4.69, 9.17) is 18.0 Å². The van der Waals surface area contributed by atoms with Gasteiger partial charge in [0.15, 0.2) is 5.82 Å². The Morgan fingerprint density at radius 2 is 1.85 bits per heavy atom. The summed E-state index contributed by atoms with van der Waals surface area (Å²) in [6, 6.07) is 0.332. The molecule has 0 saturated carbocycles. The number of nitrogens with two attached hydrogens (primary N) is 1. The van der Waals surface area contributed by atoms with Crippen LogP contribution in [0.5, 0.6) is 0 Å². The van der Waals surface area contributed by atoms with Gasteiger partial charge in [-0.05, 0) is 38.7 Å². The van der Waals surface area contributed by atoms with Crippen molar-refractivity contribution in [2.75, 3.05) is 5.32 Å². The molecule has 1 unspecified atom stereocenters. The number of nitrogens with zero attached hydrogens (tertiary/aromatic N) is 2. The Morgan fingerprint density at radius 1 is 1.20 bits per heavy atom. The molecule has 0 spiro atoms. The lowest BCUT2D eigenvalue weighted by Gasteiger charge is -2.18. The molecule has 5 heteroatoms. The zero-order chi connectivity index (χ0) is 15.3. The highest BCUT2D eigenvalue weighted by molar-refractivity contribution is 7.80. The van der Waals surface area contributed by atoms with Crippen LogP contribution in [0.25, 0.3) is 0 Å². The lowest BCUT2D eigenvalue weighted by molar-refractivity contribution is 0.519. The number of aryl methyl sites for hydroxylation is 1. The molecule has 0 saturated heterocycles. The second kappa shape index (κ2) is 7.53. The molecule has 20 heavy (non-hydrogen) atoms. The molecule has 0 aliphatic rings. The summed E-state index contributed by atoms with van der Waals surface area (Å²) >= 11 is 5.14. The van der Waals surface area contributed by atoms with Gasteiger partial charge in [0, 0.05) is 6.04 Å². The summed E-state index contributed by atoms with van der Waals surface area (Å²) in [7, 11) is 0. The van der Waals surface area contributed by atoms with E-state index in [2.05, 4.69) is 36.3 Å². The molecule has 1 atom stereocenters. The molecule has 4 nitrogen and oxygen atoms in total. The Hall–Kier alpha value is -1.23. The molecule has 0 amide bonds. The number of aromatic nitrogens is 2. The molecule has 1 rings (SSSR count). The fourth-order valence-corrected chi connectivity index (χ4v) is 2.40. The van der Waals surface area contributed by atoms with Crippen molar-refractivity contribution in [1.82, 2.24) is 10.2 Å². The van der Waals surface area contributed by atoms with Gasteiger partial charge in [-0.15, -0.1) is 5.10 Å². The number of anilines is 1. The minimum atomic E-state index is 0.332. The van der Waals surface area contributed by atoms with Crippen LogP contribution in [0, 0.1) is 19.8 Å². The minimum absolute atomic E-state index is 0.332. The van der Waals surface area contributed by atoms with Gasteiger partial charge in [-0.1, -0.05) is 38.9 Å². The molecule has 3 N–H and O–H groups in total. The summed E-state index contributed by atoms with van der Waals surface area (Å²) in [6.45, 7) is 10.5. The van der Waals surface area contributed by atoms with Gasteiger partial charge in [0.25, 0.3) is 0 Å². The predicted octanol–water partition coefficient (Wildman–Crippen LogP) is 3.35. The minimum Gasteiger partial charge on any atom is -0.389 e. The van der Waals surface area contributed by atoms with E-state index in [-0.39, 0.29) is 0 Å². The van der Waals surface area contributed by atoms with Crippen molar-refractivity contribution in [2.45, 2.75) is 59.9 Å². The van der Waals surface area contributed by atoms with Crippen molar-refractivity contribution in [3.63, 3.8) is 0 Å². The first-order chi connectivity index (χ1) is 9.32. The highest BCUT2D eigenvalue weighted by Crippen LogP contribution is 2.20. The third kappa shape index (κ3) is 4.71.